The van der Waals surface area contributed by atoms with Gasteiger partial charge < -0.3 is 4.90 Å². The third kappa shape index (κ3) is 7.70. The predicted octanol–water partition coefficient (Wildman–Crippen LogP) is 9.01. The maximum atomic E-state index is 12.7. The second kappa shape index (κ2) is 15.1. The highest BCUT2D eigenvalue weighted by molar-refractivity contribution is 8.04. The molecule has 5 aromatic carbocycles. The monoisotopic (exact) mass is 743 g/mol. The van der Waals surface area contributed by atoms with Gasteiger partial charge in [-0.3, -0.25) is 4.55 Å². The Morgan fingerprint density at radius 2 is 1.62 bits per heavy atom. The molecule has 1 unspecified atom stereocenters. The number of nitrogens with zero attached hydrogens (tertiary/aromatic N) is 2. The Balaban J connectivity index is 1.34. The second-order valence-corrected chi connectivity index (χ2v) is 15.6. The van der Waals surface area contributed by atoms with Crippen molar-refractivity contribution in [2.45, 2.75) is 35.2 Å². The third-order valence-corrected chi connectivity index (χ3v) is 11.5. The number of para-hydroxylation sites is 1. The Bertz CT molecular complexity index is 2330. The van der Waals surface area contributed by atoms with Gasteiger partial charge in [0, 0.05) is 44.8 Å². The van der Waals surface area contributed by atoms with E-state index in [-0.39, 0.29) is 0 Å². The van der Waals surface area contributed by atoms with E-state index in [1.54, 1.807) is 0 Å². The standard InChI is InChI=1S/C38H31ClN2O6S3/c39-30-17-19-37-35(23-30)41(32(25-50(43,44)45)22-29-12-7-11-26-8-1-4-13-33(26)29)38(48-37)24-31-18-16-27-9-2-5-14-34(27)40(31)21-20-28-10-3-6-15-36(28)49-47-46-42/h1-19,23-24,32H,20-22,25H2,(H-,42,43,44,45)/p+1. The van der Waals surface area contributed by atoms with Gasteiger partial charge in [0.2, 0.25) is 11.2 Å². The first kappa shape index (κ1) is 34.5. The second-order valence-electron chi connectivity index (χ2n) is 11.9. The quantitative estimate of drug-likeness (QED) is 0.0418. The molecule has 0 radical (unpaired) electrons. The zero-order valence-corrected chi connectivity index (χ0v) is 29.8. The average molecular weight is 744 g/mol. The van der Waals surface area contributed by atoms with Crippen LogP contribution in [-0.2, 0) is 38.9 Å². The molecule has 0 spiro atoms. The molecule has 2 heterocycles. The van der Waals surface area contributed by atoms with Crippen molar-refractivity contribution in [3.63, 3.8) is 0 Å². The van der Waals surface area contributed by atoms with Crippen LogP contribution in [0.5, 0.6) is 0 Å². The summed E-state index contributed by atoms with van der Waals surface area (Å²) < 4.78 is 42.6. The van der Waals surface area contributed by atoms with E-state index < -0.39 is 21.9 Å². The Morgan fingerprint density at radius 1 is 0.880 bits per heavy atom. The summed E-state index contributed by atoms with van der Waals surface area (Å²) in [6, 6.07) is 39.1. The first-order valence-electron chi connectivity index (χ1n) is 15.8. The van der Waals surface area contributed by atoms with Crippen molar-refractivity contribution < 1.29 is 32.2 Å². The maximum Gasteiger partial charge on any atom is 0.266 e. The summed E-state index contributed by atoms with van der Waals surface area (Å²) in [4.78, 5) is 3.76. The molecule has 12 heteroatoms. The number of rotatable bonds is 12. The molecule has 0 saturated carbocycles. The molecule has 8 nitrogen and oxygen atoms in total. The number of anilines is 1. The van der Waals surface area contributed by atoms with Crippen molar-refractivity contribution in [3.8, 4) is 0 Å². The Morgan fingerprint density at radius 3 is 2.46 bits per heavy atom. The number of hydrogen-bond acceptors (Lipinski definition) is 8. The summed E-state index contributed by atoms with van der Waals surface area (Å²) in [5.74, 6) is -0.480. The van der Waals surface area contributed by atoms with E-state index in [4.69, 9.17) is 21.2 Å². The molecule has 0 bridgehead atoms. The van der Waals surface area contributed by atoms with Crippen LogP contribution in [0.2, 0.25) is 5.02 Å². The first-order chi connectivity index (χ1) is 24.3. The minimum atomic E-state index is -4.38. The number of fused-ring (bicyclic) bond motifs is 3. The fourth-order valence-corrected chi connectivity index (χ4v) is 9.15. The van der Waals surface area contributed by atoms with E-state index in [9.17, 15) is 13.0 Å². The summed E-state index contributed by atoms with van der Waals surface area (Å²) in [5.41, 5.74) is 4.71. The lowest BCUT2D eigenvalue weighted by molar-refractivity contribution is -0.672. The Labute approximate surface area is 303 Å². The van der Waals surface area contributed by atoms with Gasteiger partial charge in [-0.1, -0.05) is 101 Å². The van der Waals surface area contributed by atoms with Gasteiger partial charge >= 0.3 is 0 Å². The number of thioether (sulfide) groups is 1. The molecule has 50 heavy (non-hydrogen) atoms. The van der Waals surface area contributed by atoms with Crippen LogP contribution in [0.1, 0.15) is 16.8 Å². The van der Waals surface area contributed by atoms with Crippen molar-refractivity contribution >= 4 is 79.0 Å². The molecule has 1 atom stereocenters. The molecule has 1 aromatic heterocycles. The van der Waals surface area contributed by atoms with E-state index in [1.807, 2.05) is 102 Å². The minimum Gasteiger partial charge on any atom is -0.330 e. The van der Waals surface area contributed by atoms with Crippen molar-refractivity contribution in [2.75, 3.05) is 10.7 Å². The minimum absolute atomic E-state index is 0.358. The topological polar surface area (TPSA) is 100 Å². The SMILES string of the molecule is O=S(=O)(O)CC(Cc1cccc2ccccc12)N1C(=Cc2ccc3ccccc3[n+]2CCc2ccccc2SOOO)Sc2ccc(Cl)cc21. The number of aromatic nitrogens is 1. The molecule has 6 aromatic rings. The summed E-state index contributed by atoms with van der Waals surface area (Å²) in [6.45, 7) is 0.603. The molecule has 0 amide bonds. The van der Waals surface area contributed by atoms with Crippen LogP contribution < -0.4 is 9.47 Å². The van der Waals surface area contributed by atoms with Gasteiger partial charge in [-0.2, -0.15) is 13.0 Å². The molecule has 254 valence electrons. The van der Waals surface area contributed by atoms with Crippen LogP contribution in [0.3, 0.4) is 0 Å². The van der Waals surface area contributed by atoms with Crippen molar-refractivity contribution in [1.29, 1.82) is 0 Å². The van der Waals surface area contributed by atoms with E-state index in [0.717, 1.165) is 71.0 Å². The van der Waals surface area contributed by atoms with E-state index in [2.05, 4.69) is 39.9 Å². The zero-order chi connectivity index (χ0) is 34.7. The summed E-state index contributed by atoms with van der Waals surface area (Å²) in [6.07, 6.45) is 3.08. The van der Waals surface area contributed by atoms with Gasteiger partial charge in [-0.25, -0.2) is 5.26 Å². The lowest BCUT2D eigenvalue weighted by Gasteiger charge is -2.30. The van der Waals surface area contributed by atoms with Gasteiger partial charge in [0.05, 0.1) is 34.6 Å². The molecule has 0 aliphatic carbocycles. The number of pyridine rings is 1. The van der Waals surface area contributed by atoms with Crippen LogP contribution in [0, 0.1) is 0 Å². The molecule has 0 fully saturated rings. The maximum absolute atomic E-state index is 12.7. The summed E-state index contributed by atoms with van der Waals surface area (Å²) >= 11 is 9.02. The predicted molar refractivity (Wildman–Crippen MR) is 201 cm³/mol. The Hall–Kier alpha value is -3.91. The zero-order valence-electron chi connectivity index (χ0n) is 26.6. The van der Waals surface area contributed by atoms with Crippen molar-refractivity contribution in [1.82, 2.24) is 0 Å². The summed E-state index contributed by atoms with van der Waals surface area (Å²) in [5, 5.41) is 17.1. The number of benzene rings is 5. The Kier molecular flexibility index (Phi) is 10.5. The largest absolute Gasteiger partial charge is 0.330 e. The lowest BCUT2D eigenvalue weighted by Crippen LogP contribution is -2.41. The van der Waals surface area contributed by atoms with Crippen LogP contribution in [-0.4, -0.2) is 30.0 Å². The fraction of sp³-hybridized carbons (Fsp3) is 0.132. The van der Waals surface area contributed by atoms with Gasteiger partial charge in [0.15, 0.2) is 6.54 Å². The highest BCUT2D eigenvalue weighted by Crippen LogP contribution is 2.49. The normalized spacial score (nSPS) is 14.5. The van der Waals surface area contributed by atoms with Gasteiger partial charge in [0.25, 0.3) is 10.1 Å². The number of halogens is 1. The molecular formula is C38H32ClN2O6S3+. The van der Waals surface area contributed by atoms with Crippen LogP contribution >= 0.6 is 35.4 Å². The van der Waals surface area contributed by atoms with E-state index >= 15 is 0 Å². The fourth-order valence-electron chi connectivity index (χ4n) is 6.57. The van der Waals surface area contributed by atoms with Crippen LogP contribution in [0.4, 0.5) is 5.69 Å². The average Bonchev–Trinajstić information content (AvgIpc) is 3.46. The molecule has 7 rings (SSSR count). The van der Waals surface area contributed by atoms with Gasteiger partial charge in [0.1, 0.15) is 0 Å². The lowest BCUT2D eigenvalue weighted by atomic mass is 9.98. The van der Waals surface area contributed by atoms with Crippen LogP contribution in [0.25, 0.3) is 27.8 Å². The highest BCUT2D eigenvalue weighted by atomic mass is 35.5. The van der Waals surface area contributed by atoms with E-state index in [1.165, 1.54) is 11.8 Å². The third-order valence-electron chi connectivity index (χ3n) is 8.71. The van der Waals surface area contributed by atoms with E-state index in [0.29, 0.717) is 24.4 Å². The van der Waals surface area contributed by atoms with Crippen molar-refractivity contribution in [3.05, 3.63) is 148 Å². The molecule has 0 saturated heterocycles. The molecule has 1 aliphatic heterocycles. The number of aryl methyl sites for hydroxylation is 2. The molecule has 1 aliphatic rings. The number of hydrogen-bond donors (Lipinski definition) is 2. The first-order valence-corrected chi connectivity index (χ1v) is 19.4. The van der Waals surface area contributed by atoms with Gasteiger partial charge in [-0.15, -0.1) is 4.33 Å². The highest BCUT2D eigenvalue weighted by Gasteiger charge is 2.35. The smallest absolute Gasteiger partial charge is 0.266 e. The molecular weight excluding hydrogens is 712 g/mol. The van der Waals surface area contributed by atoms with Crippen molar-refractivity contribution in [2.24, 2.45) is 0 Å². The molecule has 2 N–H and O–H groups in total. The van der Waals surface area contributed by atoms with Gasteiger partial charge in [-0.05, 0) is 64.7 Å². The van der Waals surface area contributed by atoms with Crippen LogP contribution in [0.15, 0.2) is 136 Å². The summed E-state index contributed by atoms with van der Waals surface area (Å²) in [7, 11) is -4.38.